The third-order valence-corrected chi connectivity index (χ3v) is 4.74. The van der Waals surface area contributed by atoms with Crippen LogP contribution in [0.1, 0.15) is 33.6 Å². The van der Waals surface area contributed by atoms with Crippen LogP contribution in [-0.4, -0.2) is 33.7 Å². The van der Waals surface area contributed by atoms with E-state index in [4.69, 9.17) is 4.74 Å². The summed E-state index contributed by atoms with van der Waals surface area (Å²) in [6.45, 7) is 3.83. The highest BCUT2D eigenvalue weighted by molar-refractivity contribution is 5.95. The maximum atomic E-state index is 12.9. The van der Waals surface area contributed by atoms with Crippen LogP contribution in [0.4, 0.5) is 4.39 Å². The van der Waals surface area contributed by atoms with Crippen molar-refractivity contribution >= 4 is 22.8 Å². The number of fused-ring (bicyclic) bond motifs is 1. The van der Waals surface area contributed by atoms with Gasteiger partial charge in [0.05, 0.1) is 12.5 Å². The predicted molar refractivity (Wildman–Crippen MR) is 105 cm³/mol. The van der Waals surface area contributed by atoms with Crippen LogP contribution >= 0.6 is 0 Å². The number of nitrogens with zero attached hydrogens (tertiary/aromatic N) is 3. The van der Waals surface area contributed by atoms with Gasteiger partial charge in [0.15, 0.2) is 5.65 Å². The number of hydrogen-bond acceptors (Lipinski definition) is 5. The van der Waals surface area contributed by atoms with Crippen LogP contribution in [0.25, 0.3) is 11.0 Å². The number of ether oxygens (including phenoxy) is 1. The third-order valence-electron chi connectivity index (χ3n) is 4.74. The first-order chi connectivity index (χ1) is 13.8. The molecule has 0 saturated heterocycles. The fourth-order valence-electron chi connectivity index (χ4n) is 3.21. The molecule has 0 atom stereocenters. The highest BCUT2D eigenvalue weighted by Crippen LogP contribution is 2.30. The van der Waals surface area contributed by atoms with Crippen LogP contribution in [0, 0.1) is 19.7 Å². The van der Waals surface area contributed by atoms with Crippen LogP contribution in [0.15, 0.2) is 24.3 Å². The van der Waals surface area contributed by atoms with E-state index in [1.165, 1.54) is 24.3 Å². The van der Waals surface area contributed by atoms with Gasteiger partial charge in [-0.25, -0.2) is 14.1 Å². The van der Waals surface area contributed by atoms with Crippen LogP contribution in [0.5, 0.6) is 5.88 Å². The number of nitrogens with one attached hydrogen (secondary N) is 2. The molecule has 0 radical (unpaired) electrons. The largest absolute Gasteiger partial charge is 0.479 e. The molecule has 0 bridgehead atoms. The summed E-state index contributed by atoms with van der Waals surface area (Å²) in [6.07, 6.45) is 0.595. The minimum Gasteiger partial charge on any atom is -0.479 e. The first-order valence-corrected chi connectivity index (χ1v) is 9.03. The van der Waals surface area contributed by atoms with Crippen molar-refractivity contribution in [3.05, 3.63) is 52.5 Å². The Morgan fingerprint density at radius 2 is 1.86 bits per heavy atom. The predicted octanol–water partition coefficient (Wildman–Crippen LogP) is 2.13. The molecule has 0 aliphatic heterocycles. The normalized spacial score (nSPS) is 10.8. The summed E-state index contributed by atoms with van der Waals surface area (Å²) in [4.78, 5) is 28.7. The molecule has 29 heavy (non-hydrogen) atoms. The number of aryl methyl sites for hydroxylation is 3. The van der Waals surface area contributed by atoms with Gasteiger partial charge >= 0.3 is 0 Å². The van der Waals surface area contributed by atoms with E-state index in [-0.39, 0.29) is 17.9 Å². The fraction of sp³-hybridized carbons (Fsp3) is 0.300. The molecule has 0 aliphatic rings. The van der Waals surface area contributed by atoms with Gasteiger partial charge in [-0.1, -0.05) is 0 Å². The Kier molecular flexibility index (Phi) is 5.76. The van der Waals surface area contributed by atoms with E-state index in [1.54, 1.807) is 18.8 Å². The Morgan fingerprint density at radius 3 is 2.52 bits per heavy atom. The Labute approximate surface area is 167 Å². The minimum atomic E-state index is -0.520. The van der Waals surface area contributed by atoms with E-state index in [1.807, 2.05) is 13.8 Å². The van der Waals surface area contributed by atoms with Gasteiger partial charge in [-0.3, -0.25) is 20.4 Å². The monoisotopic (exact) mass is 399 g/mol. The lowest BCUT2D eigenvalue weighted by Gasteiger charge is -2.12. The van der Waals surface area contributed by atoms with E-state index in [0.717, 1.165) is 27.9 Å². The first-order valence-electron chi connectivity index (χ1n) is 9.03. The molecule has 8 nitrogen and oxygen atoms in total. The number of halogens is 1. The molecule has 3 rings (SSSR count). The molecule has 2 heterocycles. The van der Waals surface area contributed by atoms with Crippen LogP contribution in [-0.2, 0) is 18.3 Å². The zero-order valence-electron chi connectivity index (χ0n) is 16.7. The van der Waals surface area contributed by atoms with Crippen molar-refractivity contribution in [2.75, 3.05) is 7.11 Å². The molecule has 0 fully saturated rings. The highest BCUT2D eigenvalue weighted by Gasteiger charge is 2.18. The number of aromatic nitrogens is 3. The molecule has 9 heteroatoms. The molecular weight excluding hydrogens is 377 g/mol. The lowest BCUT2D eigenvalue weighted by molar-refractivity contribution is -0.121. The Morgan fingerprint density at radius 1 is 1.17 bits per heavy atom. The maximum absolute atomic E-state index is 12.9. The van der Waals surface area contributed by atoms with Crippen molar-refractivity contribution in [2.45, 2.75) is 26.7 Å². The zero-order chi connectivity index (χ0) is 21.1. The Balaban J connectivity index is 1.66. The number of methoxy groups -OCH3 is 1. The first kappa shape index (κ1) is 20.2. The van der Waals surface area contributed by atoms with Crippen molar-refractivity contribution in [2.24, 2.45) is 7.05 Å². The second-order valence-corrected chi connectivity index (χ2v) is 6.64. The number of hydrogen-bond donors (Lipinski definition) is 2. The molecule has 0 unspecified atom stereocenters. The molecular formula is C20H22FN5O3. The second-order valence-electron chi connectivity index (χ2n) is 6.64. The molecule has 2 aromatic heterocycles. The van der Waals surface area contributed by atoms with Gasteiger partial charge in [0, 0.05) is 24.7 Å². The van der Waals surface area contributed by atoms with Gasteiger partial charge in [0.1, 0.15) is 5.82 Å². The lowest BCUT2D eigenvalue weighted by Crippen LogP contribution is -2.41. The van der Waals surface area contributed by atoms with Crippen molar-refractivity contribution in [3.8, 4) is 5.88 Å². The Hall–Kier alpha value is -3.49. The standard InChI is InChI=1S/C20H22FN5O3/c1-11-15(12(2)22-18-17(11)20(29-4)25-26(18)3)9-10-16(27)23-24-19(28)13-5-7-14(21)8-6-13/h5-8H,9-10H2,1-4H3,(H,23,27)(H,24,28). The van der Waals surface area contributed by atoms with Gasteiger partial charge in [0.25, 0.3) is 5.91 Å². The number of carbonyl (C=O) groups excluding carboxylic acids is 2. The summed E-state index contributed by atoms with van der Waals surface area (Å²) < 4.78 is 19.9. The molecule has 2 N–H and O–H groups in total. The summed E-state index contributed by atoms with van der Waals surface area (Å²) >= 11 is 0. The summed E-state index contributed by atoms with van der Waals surface area (Å²) in [5.74, 6) is -0.816. The average Bonchev–Trinajstić information content (AvgIpc) is 3.02. The van der Waals surface area contributed by atoms with Gasteiger partial charge in [-0.05, 0) is 55.7 Å². The third kappa shape index (κ3) is 4.18. The molecule has 2 amide bonds. The van der Waals surface area contributed by atoms with Crippen LogP contribution in [0.2, 0.25) is 0 Å². The van der Waals surface area contributed by atoms with Crippen molar-refractivity contribution in [1.29, 1.82) is 0 Å². The number of rotatable bonds is 5. The van der Waals surface area contributed by atoms with E-state index in [0.29, 0.717) is 12.3 Å². The van der Waals surface area contributed by atoms with Crippen LogP contribution in [0.3, 0.4) is 0 Å². The van der Waals surface area contributed by atoms with Gasteiger partial charge in [-0.15, -0.1) is 5.10 Å². The summed E-state index contributed by atoms with van der Waals surface area (Å²) in [5, 5.41) is 5.13. The topological polar surface area (TPSA) is 98.1 Å². The van der Waals surface area contributed by atoms with Gasteiger partial charge in [0.2, 0.25) is 11.8 Å². The molecule has 152 valence electrons. The SMILES string of the molecule is COc1nn(C)c2nc(C)c(CCC(=O)NNC(=O)c3ccc(F)cc3)c(C)c12. The van der Waals surface area contributed by atoms with Crippen molar-refractivity contribution in [1.82, 2.24) is 25.6 Å². The number of carbonyl (C=O) groups is 2. The fourth-order valence-corrected chi connectivity index (χ4v) is 3.21. The number of amides is 2. The number of hydrazine groups is 1. The quantitative estimate of drug-likeness (QED) is 0.641. The summed E-state index contributed by atoms with van der Waals surface area (Å²) in [5.41, 5.74) is 8.37. The lowest BCUT2D eigenvalue weighted by atomic mass is 10.00. The molecule has 1 aromatic carbocycles. The van der Waals surface area contributed by atoms with E-state index in [2.05, 4.69) is 20.9 Å². The average molecular weight is 399 g/mol. The van der Waals surface area contributed by atoms with Crippen LogP contribution < -0.4 is 15.6 Å². The molecule has 0 aliphatic carbocycles. The second kappa shape index (κ2) is 8.26. The van der Waals surface area contributed by atoms with Gasteiger partial charge < -0.3 is 4.74 Å². The summed E-state index contributed by atoms with van der Waals surface area (Å²) in [7, 11) is 3.35. The minimum absolute atomic E-state index is 0.154. The van der Waals surface area contributed by atoms with E-state index < -0.39 is 11.7 Å². The van der Waals surface area contributed by atoms with Gasteiger partial charge in [-0.2, -0.15) is 0 Å². The van der Waals surface area contributed by atoms with Crippen molar-refractivity contribution < 1.29 is 18.7 Å². The summed E-state index contributed by atoms with van der Waals surface area (Å²) in [6, 6.07) is 5.04. The smallest absolute Gasteiger partial charge is 0.269 e. The van der Waals surface area contributed by atoms with Crippen molar-refractivity contribution in [3.63, 3.8) is 0 Å². The maximum Gasteiger partial charge on any atom is 0.269 e. The molecule has 0 spiro atoms. The van der Waals surface area contributed by atoms with E-state index >= 15 is 0 Å². The van der Waals surface area contributed by atoms with E-state index in [9.17, 15) is 14.0 Å². The highest BCUT2D eigenvalue weighted by atomic mass is 19.1. The molecule has 3 aromatic rings. The Bertz CT molecular complexity index is 1080. The number of pyridine rings is 1. The number of benzene rings is 1. The molecule has 0 saturated carbocycles. The zero-order valence-corrected chi connectivity index (χ0v) is 16.7.